The van der Waals surface area contributed by atoms with Gasteiger partial charge >= 0.3 is 0 Å². The molecule has 0 spiro atoms. The summed E-state index contributed by atoms with van der Waals surface area (Å²) in [5.74, 6) is 0.417. The highest BCUT2D eigenvalue weighted by Crippen LogP contribution is 2.21. The summed E-state index contributed by atoms with van der Waals surface area (Å²) in [6, 6.07) is 14.6. The second-order valence-corrected chi connectivity index (χ2v) is 5.08. The Morgan fingerprint density at radius 3 is 2.84 bits per heavy atom. The first-order chi connectivity index (χ1) is 12.3. The molecule has 0 atom stereocenters. The summed E-state index contributed by atoms with van der Waals surface area (Å²) in [4.78, 5) is 16.2. The molecule has 3 rings (SSSR count). The van der Waals surface area contributed by atoms with Crippen molar-refractivity contribution in [3.05, 3.63) is 66.1 Å². The molecule has 25 heavy (non-hydrogen) atoms. The summed E-state index contributed by atoms with van der Waals surface area (Å²) in [7, 11) is 0. The monoisotopic (exact) mass is 335 g/mol. The Kier molecular flexibility index (Phi) is 5.16. The third-order valence-electron chi connectivity index (χ3n) is 3.33. The molecule has 0 bridgehead atoms. The molecule has 0 saturated carbocycles. The fourth-order valence-corrected chi connectivity index (χ4v) is 2.14. The smallest absolute Gasteiger partial charge is 0.289 e. The van der Waals surface area contributed by atoms with Gasteiger partial charge in [0.05, 0.1) is 24.2 Å². The van der Waals surface area contributed by atoms with Crippen LogP contribution in [0.1, 0.15) is 23.1 Å². The highest BCUT2D eigenvalue weighted by atomic mass is 16.5. The highest BCUT2D eigenvalue weighted by molar-refractivity contribution is 5.94. The quantitative estimate of drug-likeness (QED) is 0.535. The summed E-state index contributed by atoms with van der Waals surface area (Å²) < 4.78 is 5.41. The lowest BCUT2D eigenvalue weighted by molar-refractivity contribution is 0.0950. The normalized spacial score (nSPS) is 10.8. The van der Waals surface area contributed by atoms with Gasteiger partial charge in [-0.15, -0.1) is 0 Å². The van der Waals surface area contributed by atoms with E-state index < -0.39 is 0 Å². The maximum absolute atomic E-state index is 12.1. The summed E-state index contributed by atoms with van der Waals surface area (Å²) in [6.45, 7) is 2.55. The van der Waals surface area contributed by atoms with Crippen LogP contribution in [0.2, 0.25) is 0 Å². The topological polar surface area (TPSA) is 92.3 Å². The standard InChI is InChI=1S/C18H17N5O2/c1-2-25-15-8-6-13(7-9-15)16-11-17(22-21-16)18(24)23-20-12-14-5-3-4-10-19-14/h3-12H,2H2,1H3,(H,21,22)(H,23,24)/b20-12-. The van der Waals surface area contributed by atoms with Crippen LogP contribution in [-0.2, 0) is 0 Å². The Bertz CT molecular complexity index is 857. The minimum absolute atomic E-state index is 0.321. The molecule has 0 radical (unpaired) electrons. The molecule has 126 valence electrons. The second kappa shape index (κ2) is 7.87. The number of hydrogen-bond donors (Lipinski definition) is 2. The maximum atomic E-state index is 12.1. The number of aromatic amines is 1. The minimum Gasteiger partial charge on any atom is -0.494 e. The third kappa shape index (κ3) is 4.29. The molecule has 2 aromatic heterocycles. The molecule has 0 fully saturated rings. The van der Waals surface area contributed by atoms with Crippen LogP contribution in [0.25, 0.3) is 11.3 Å². The molecule has 3 aromatic rings. The van der Waals surface area contributed by atoms with Gasteiger partial charge in [-0.3, -0.25) is 14.9 Å². The van der Waals surface area contributed by atoms with Crippen molar-refractivity contribution in [2.45, 2.75) is 6.92 Å². The number of hydrazone groups is 1. The molecule has 7 heteroatoms. The molecule has 0 aliphatic rings. The predicted octanol–water partition coefficient (Wildman–Crippen LogP) is 2.63. The van der Waals surface area contributed by atoms with E-state index in [-0.39, 0.29) is 5.91 Å². The van der Waals surface area contributed by atoms with Crippen LogP contribution in [0, 0.1) is 0 Å². The number of nitrogens with zero attached hydrogens (tertiary/aromatic N) is 3. The van der Waals surface area contributed by atoms with Crippen molar-refractivity contribution in [1.82, 2.24) is 20.6 Å². The van der Waals surface area contributed by atoms with Gasteiger partial charge in [0.1, 0.15) is 11.4 Å². The maximum Gasteiger partial charge on any atom is 0.289 e. The Labute approximate surface area is 144 Å². The van der Waals surface area contributed by atoms with E-state index in [2.05, 4.69) is 25.7 Å². The van der Waals surface area contributed by atoms with Crippen LogP contribution in [0.4, 0.5) is 0 Å². The number of nitrogens with one attached hydrogen (secondary N) is 2. The number of aromatic nitrogens is 3. The first-order valence-corrected chi connectivity index (χ1v) is 7.79. The largest absolute Gasteiger partial charge is 0.494 e. The van der Waals surface area contributed by atoms with Crippen molar-refractivity contribution in [1.29, 1.82) is 0 Å². The second-order valence-electron chi connectivity index (χ2n) is 5.08. The number of ether oxygens (including phenoxy) is 1. The van der Waals surface area contributed by atoms with Gasteiger partial charge in [-0.2, -0.15) is 10.2 Å². The van der Waals surface area contributed by atoms with Crippen LogP contribution in [0.5, 0.6) is 5.75 Å². The molecule has 0 saturated heterocycles. The predicted molar refractivity (Wildman–Crippen MR) is 94.5 cm³/mol. The van der Waals surface area contributed by atoms with E-state index in [0.717, 1.165) is 11.3 Å². The van der Waals surface area contributed by atoms with Crippen molar-refractivity contribution in [3.8, 4) is 17.0 Å². The molecular formula is C18H17N5O2. The Morgan fingerprint density at radius 2 is 2.12 bits per heavy atom. The van der Waals surface area contributed by atoms with Crippen molar-refractivity contribution in [2.24, 2.45) is 5.10 Å². The van der Waals surface area contributed by atoms with Gasteiger partial charge in [0.15, 0.2) is 0 Å². The number of H-pyrrole nitrogens is 1. The van der Waals surface area contributed by atoms with Crippen molar-refractivity contribution in [3.63, 3.8) is 0 Å². The Balaban J connectivity index is 1.64. The van der Waals surface area contributed by atoms with Crippen molar-refractivity contribution in [2.75, 3.05) is 6.61 Å². The first-order valence-electron chi connectivity index (χ1n) is 7.79. The lowest BCUT2D eigenvalue weighted by atomic mass is 10.1. The SMILES string of the molecule is CCOc1ccc(-c2cc(C(=O)N/N=C\c3ccccn3)[nH]n2)cc1. The van der Waals surface area contributed by atoms with Gasteiger partial charge in [-0.1, -0.05) is 6.07 Å². The molecule has 0 aliphatic carbocycles. The molecule has 2 heterocycles. The van der Waals surface area contributed by atoms with Gasteiger partial charge in [0.25, 0.3) is 5.91 Å². The molecule has 7 nitrogen and oxygen atoms in total. The van der Waals surface area contributed by atoms with Crippen LogP contribution in [0.15, 0.2) is 59.8 Å². The number of amides is 1. The summed E-state index contributed by atoms with van der Waals surface area (Å²) >= 11 is 0. The fraction of sp³-hybridized carbons (Fsp3) is 0.111. The minimum atomic E-state index is -0.378. The Morgan fingerprint density at radius 1 is 1.28 bits per heavy atom. The van der Waals surface area contributed by atoms with E-state index in [1.165, 1.54) is 6.21 Å². The number of pyridine rings is 1. The number of carbonyl (C=O) groups is 1. The zero-order valence-corrected chi connectivity index (χ0v) is 13.6. The molecule has 0 unspecified atom stereocenters. The zero-order valence-electron chi connectivity index (χ0n) is 13.6. The lowest BCUT2D eigenvalue weighted by Gasteiger charge is -2.02. The molecule has 1 aromatic carbocycles. The fourth-order valence-electron chi connectivity index (χ4n) is 2.14. The van der Waals surface area contributed by atoms with Crippen LogP contribution >= 0.6 is 0 Å². The van der Waals surface area contributed by atoms with E-state index in [0.29, 0.717) is 23.7 Å². The van der Waals surface area contributed by atoms with E-state index in [9.17, 15) is 4.79 Å². The number of carbonyl (C=O) groups excluding carboxylic acids is 1. The van der Waals surface area contributed by atoms with E-state index in [1.54, 1.807) is 18.3 Å². The van der Waals surface area contributed by atoms with Gasteiger partial charge in [0.2, 0.25) is 0 Å². The van der Waals surface area contributed by atoms with E-state index in [4.69, 9.17) is 4.74 Å². The zero-order chi connectivity index (χ0) is 17.5. The average molecular weight is 335 g/mol. The molecule has 2 N–H and O–H groups in total. The summed E-state index contributed by atoms with van der Waals surface area (Å²) in [6.07, 6.45) is 3.13. The molecular weight excluding hydrogens is 318 g/mol. The number of rotatable bonds is 6. The van der Waals surface area contributed by atoms with Crippen LogP contribution in [-0.4, -0.2) is 33.9 Å². The Hall–Kier alpha value is -3.48. The summed E-state index contributed by atoms with van der Waals surface area (Å²) in [5, 5.41) is 10.7. The number of hydrogen-bond acceptors (Lipinski definition) is 5. The van der Waals surface area contributed by atoms with Gasteiger partial charge in [-0.05, 0) is 49.4 Å². The van der Waals surface area contributed by atoms with Crippen LogP contribution < -0.4 is 10.2 Å². The first kappa shape index (κ1) is 16.4. The third-order valence-corrected chi connectivity index (χ3v) is 3.33. The average Bonchev–Trinajstić information content (AvgIpc) is 3.14. The van der Waals surface area contributed by atoms with Crippen molar-refractivity contribution < 1.29 is 9.53 Å². The van der Waals surface area contributed by atoms with Gasteiger partial charge in [-0.25, -0.2) is 5.43 Å². The van der Waals surface area contributed by atoms with Crippen LogP contribution in [0.3, 0.4) is 0 Å². The molecule has 0 aliphatic heterocycles. The highest BCUT2D eigenvalue weighted by Gasteiger charge is 2.10. The van der Waals surface area contributed by atoms with E-state index in [1.807, 2.05) is 43.3 Å². The van der Waals surface area contributed by atoms with Crippen molar-refractivity contribution >= 4 is 12.1 Å². The van der Waals surface area contributed by atoms with Gasteiger partial charge in [0, 0.05) is 11.8 Å². The molecule has 1 amide bonds. The number of benzene rings is 1. The van der Waals surface area contributed by atoms with E-state index >= 15 is 0 Å². The van der Waals surface area contributed by atoms with Gasteiger partial charge < -0.3 is 4.74 Å². The lowest BCUT2D eigenvalue weighted by Crippen LogP contribution is -2.18. The summed E-state index contributed by atoms with van der Waals surface area (Å²) in [5.41, 5.74) is 4.97.